The second-order valence-corrected chi connectivity index (χ2v) is 10.6. The Morgan fingerprint density at radius 1 is 1.29 bits per heavy atom. The summed E-state index contributed by atoms with van der Waals surface area (Å²) in [6.07, 6.45) is 5.99. The van der Waals surface area contributed by atoms with Gasteiger partial charge in [-0.3, -0.25) is 14.5 Å². The van der Waals surface area contributed by atoms with E-state index in [4.69, 9.17) is 4.74 Å². The van der Waals surface area contributed by atoms with Gasteiger partial charge in [-0.05, 0) is 57.1 Å². The molecular weight excluding hydrogens is 462 g/mol. The fraction of sp³-hybridized carbons (Fsp3) is 0.625. The monoisotopic (exact) mass is 494 g/mol. The summed E-state index contributed by atoms with van der Waals surface area (Å²) in [5.41, 5.74) is 1.15. The van der Waals surface area contributed by atoms with E-state index in [1.54, 1.807) is 19.2 Å². The number of hydrogen-bond donors (Lipinski definition) is 1. The lowest BCUT2D eigenvalue weighted by molar-refractivity contribution is -0.0230. The molecule has 1 N–H and O–H groups in total. The van der Waals surface area contributed by atoms with E-state index in [9.17, 15) is 18.4 Å². The molecule has 2 aliphatic rings. The molecule has 2 aromatic rings. The number of nitrogens with one attached hydrogen (secondary N) is 1. The van der Waals surface area contributed by atoms with Crippen molar-refractivity contribution >= 4 is 17.2 Å². The van der Waals surface area contributed by atoms with E-state index in [1.807, 2.05) is 0 Å². The number of thiazole rings is 1. The lowest BCUT2D eigenvalue weighted by atomic mass is 9.84. The summed E-state index contributed by atoms with van der Waals surface area (Å²) in [7, 11) is 1.61. The molecule has 4 rings (SSSR count). The van der Waals surface area contributed by atoms with Gasteiger partial charge in [-0.2, -0.15) is 0 Å². The number of halogens is 2. The molecule has 2 aromatic heterocycles. The number of carbonyl (C=O) groups excluding carboxylic acids is 1. The number of rotatable bonds is 8. The Morgan fingerprint density at radius 2 is 2.06 bits per heavy atom. The van der Waals surface area contributed by atoms with Gasteiger partial charge in [0.25, 0.3) is 22.6 Å². The summed E-state index contributed by atoms with van der Waals surface area (Å²) < 4.78 is 32.6. The van der Waals surface area contributed by atoms with E-state index in [1.165, 1.54) is 22.0 Å². The van der Waals surface area contributed by atoms with Crippen molar-refractivity contribution in [2.75, 3.05) is 19.7 Å². The first kappa shape index (κ1) is 24.8. The third-order valence-electron chi connectivity index (χ3n) is 6.69. The topological polar surface area (TPSA) is 76.5 Å². The molecule has 1 aliphatic heterocycles. The number of hydrogen-bond acceptors (Lipinski definition) is 6. The van der Waals surface area contributed by atoms with E-state index in [2.05, 4.69) is 15.2 Å². The minimum atomic E-state index is -2.86. The van der Waals surface area contributed by atoms with Crippen molar-refractivity contribution in [2.45, 2.75) is 64.0 Å². The molecule has 0 spiro atoms. The Labute approximate surface area is 202 Å². The maximum Gasteiger partial charge on any atom is 0.278 e. The van der Waals surface area contributed by atoms with Gasteiger partial charge >= 0.3 is 0 Å². The third-order valence-corrected chi connectivity index (χ3v) is 7.76. The second-order valence-electron chi connectivity index (χ2n) is 9.52. The van der Waals surface area contributed by atoms with Crippen molar-refractivity contribution < 1.29 is 18.3 Å². The molecule has 1 saturated carbocycles. The van der Waals surface area contributed by atoms with Crippen LogP contribution in [0, 0.1) is 5.92 Å². The summed E-state index contributed by atoms with van der Waals surface area (Å²) >= 11 is 1.38. The van der Waals surface area contributed by atoms with Crippen LogP contribution in [-0.2, 0) is 20.0 Å². The number of ether oxygens (including phenoxy) is 1. The van der Waals surface area contributed by atoms with Gasteiger partial charge in [0.1, 0.15) is 5.69 Å². The zero-order chi connectivity index (χ0) is 24.3. The number of amides is 1. The van der Waals surface area contributed by atoms with Crippen LogP contribution >= 0.6 is 11.3 Å². The van der Waals surface area contributed by atoms with Crippen LogP contribution in [0.2, 0.25) is 0 Å². The van der Waals surface area contributed by atoms with Gasteiger partial charge in [-0.25, -0.2) is 13.8 Å². The van der Waals surface area contributed by atoms with Crippen LogP contribution in [0.25, 0.3) is 0 Å². The van der Waals surface area contributed by atoms with Crippen LogP contribution in [0.1, 0.15) is 60.1 Å². The van der Waals surface area contributed by atoms with Gasteiger partial charge in [0.2, 0.25) is 0 Å². The van der Waals surface area contributed by atoms with E-state index in [-0.39, 0.29) is 17.5 Å². The summed E-state index contributed by atoms with van der Waals surface area (Å²) in [6.45, 7) is 2.86. The number of alkyl halides is 2. The van der Waals surface area contributed by atoms with Crippen LogP contribution in [0.4, 0.5) is 8.78 Å². The Balaban J connectivity index is 1.19. The molecule has 10 heteroatoms. The SMILES string of the molecule is Cn1c(C(=O)NC2CCC(CCN3CCc4sc(OCC(C)(F)F)nc4C3)CC2)cccc1=O. The van der Waals surface area contributed by atoms with Crippen LogP contribution < -0.4 is 15.6 Å². The third kappa shape index (κ3) is 6.41. The van der Waals surface area contributed by atoms with E-state index in [0.717, 1.165) is 75.7 Å². The van der Waals surface area contributed by atoms with Crippen molar-refractivity contribution in [1.29, 1.82) is 0 Å². The van der Waals surface area contributed by atoms with Crippen molar-refractivity contribution in [3.8, 4) is 5.19 Å². The highest BCUT2D eigenvalue weighted by Gasteiger charge is 2.27. The minimum Gasteiger partial charge on any atom is -0.464 e. The molecule has 0 atom stereocenters. The number of carbonyl (C=O) groups is 1. The van der Waals surface area contributed by atoms with Gasteiger partial charge < -0.3 is 14.6 Å². The summed E-state index contributed by atoms with van der Waals surface area (Å²) in [4.78, 5) is 32.3. The predicted molar refractivity (Wildman–Crippen MR) is 127 cm³/mol. The normalized spacial score (nSPS) is 21.2. The van der Waals surface area contributed by atoms with Gasteiger partial charge in [0.15, 0.2) is 6.61 Å². The van der Waals surface area contributed by atoms with Crippen LogP contribution in [0.15, 0.2) is 23.0 Å². The molecule has 1 fully saturated rings. The lowest BCUT2D eigenvalue weighted by Crippen LogP contribution is -2.40. The highest BCUT2D eigenvalue weighted by atomic mass is 32.1. The number of nitrogens with zero attached hydrogens (tertiary/aromatic N) is 3. The number of aromatic nitrogens is 2. The standard InChI is InChI=1S/C24H32F2N4O3S/c1-24(25,26)15-33-23-28-18-14-30(13-11-20(18)34-23)12-10-16-6-8-17(9-7-16)27-22(32)19-4-3-5-21(31)29(19)2/h3-5,16-17H,6-15H2,1-2H3,(H,27,32). The molecule has 0 radical (unpaired) electrons. The van der Waals surface area contributed by atoms with Crippen molar-refractivity contribution in [3.63, 3.8) is 0 Å². The molecule has 1 aliphatic carbocycles. The minimum absolute atomic E-state index is 0.139. The molecule has 34 heavy (non-hydrogen) atoms. The highest BCUT2D eigenvalue weighted by Crippen LogP contribution is 2.32. The Bertz CT molecular complexity index is 1060. The molecule has 1 amide bonds. The van der Waals surface area contributed by atoms with Gasteiger partial charge in [0.05, 0.1) is 5.69 Å². The zero-order valence-electron chi connectivity index (χ0n) is 19.7. The average molecular weight is 495 g/mol. The summed E-state index contributed by atoms with van der Waals surface area (Å²) in [5.74, 6) is -2.43. The molecule has 0 bridgehead atoms. The number of pyridine rings is 1. The van der Waals surface area contributed by atoms with Crippen molar-refractivity contribution in [1.82, 2.24) is 19.8 Å². The average Bonchev–Trinajstić information content (AvgIpc) is 3.21. The largest absolute Gasteiger partial charge is 0.464 e. The van der Waals surface area contributed by atoms with Crippen molar-refractivity contribution in [3.05, 3.63) is 44.8 Å². The first-order valence-corrected chi connectivity index (χ1v) is 12.7. The molecule has 0 aromatic carbocycles. The molecular formula is C24H32F2N4O3S. The predicted octanol–water partition coefficient (Wildman–Crippen LogP) is 3.61. The molecule has 0 unspecified atom stereocenters. The Hall–Kier alpha value is -2.33. The number of fused-ring (bicyclic) bond motifs is 1. The Morgan fingerprint density at radius 3 is 2.79 bits per heavy atom. The fourth-order valence-corrected chi connectivity index (χ4v) is 5.59. The van der Waals surface area contributed by atoms with E-state index < -0.39 is 12.5 Å². The maximum atomic E-state index is 13.0. The van der Waals surface area contributed by atoms with E-state index in [0.29, 0.717) is 16.8 Å². The second kappa shape index (κ2) is 10.5. The maximum absolute atomic E-state index is 13.0. The first-order valence-electron chi connectivity index (χ1n) is 11.9. The molecule has 186 valence electrons. The fourth-order valence-electron chi connectivity index (χ4n) is 4.68. The molecule has 3 heterocycles. The zero-order valence-corrected chi connectivity index (χ0v) is 20.5. The smallest absolute Gasteiger partial charge is 0.278 e. The summed E-state index contributed by atoms with van der Waals surface area (Å²) in [5, 5.41) is 3.42. The van der Waals surface area contributed by atoms with Crippen LogP contribution in [0.5, 0.6) is 5.19 Å². The van der Waals surface area contributed by atoms with Gasteiger partial charge in [-0.1, -0.05) is 17.4 Å². The van der Waals surface area contributed by atoms with Crippen LogP contribution in [-0.4, -0.2) is 52.0 Å². The van der Waals surface area contributed by atoms with Crippen molar-refractivity contribution in [2.24, 2.45) is 13.0 Å². The molecule has 7 nitrogen and oxygen atoms in total. The highest BCUT2D eigenvalue weighted by molar-refractivity contribution is 7.13. The summed E-state index contributed by atoms with van der Waals surface area (Å²) in [6, 6.07) is 4.87. The van der Waals surface area contributed by atoms with Crippen LogP contribution in [0.3, 0.4) is 0 Å². The van der Waals surface area contributed by atoms with E-state index >= 15 is 0 Å². The lowest BCUT2D eigenvalue weighted by Gasteiger charge is -2.32. The van der Waals surface area contributed by atoms with Gasteiger partial charge in [0, 0.05) is 44.0 Å². The molecule has 0 saturated heterocycles. The quantitative estimate of drug-likeness (QED) is 0.607. The first-order chi connectivity index (χ1) is 16.2. The Kier molecular flexibility index (Phi) is 7.67. The van der Waals surface area contributed by atoms with Gasteiger partial charge in [-0.15, -0.1) is 0 Å².